The van der Waals surface area contributed by atoms with Crippen LogP contribution in [0, 0.1) is 5.92 Å². The van der Waals surface area contributed by atoms with Gasteiger partial charge in [-0.2, -0.15) is 5.10 Å². The van der Waals surface area contributed by atoms with Crippen LogP contribution in [0.4, 0.5) is 4.79 Å². The summed E-state index contributed by atoms with van der Waals surface area (Å²) >= 11 is 0. The van der Waals surface area contributed by atoms with Crippen LogP contribution in [0.5, 0.6) is 0 Å². The average molecular weight is 185 g/mol. The van der Waals surface area contributed by atoms with Crippen LogP contribution in [0.1, 0.15) is 25.7 Å². The smallest absolute Gasteiger partial charge is 0.332 e. The average Bonchev–Trinajstić information content (AvgIpc) is 2.49. The number of nitrogens with one attached hydrogen (secondary N) is 1. The summed E-state index contributed by atoms with van der Waals surface area (Å²) in [6.07, 6.45) is 3.73. The fourth-order valence-corrected chi connectivity index (χ4v) is 1.64. The standard InChI is InChI=1S/C8H15N3O2/c9-8(13)11-10-7-3-1-2-6(7)4-5-12/h6,12H,1-5H2,(H3,9,11,13)/b10-7-. The van der Waals surface area contributed by atoms with E-state index in [9.17, 15) is 4.79 Å². The highest BCUT2D eigenvalue weighted by atomic mass is 16.3. The van der Waals surface area contributed by atoms with Gasteiger partial charge < -0.3 is 10.8 Å². The van der Waals surface area contributed by atoms with E-state index in [4.69, 9.17) is 10.8 Å². The van der Waals surface area contributed by atoms with Crippen molar-refractivity contribution in [2.24, 2.45) is 16.8 Å². The lowest BCUT2D eigenvalue weighted by Crippen LogP contribution is -2.26. The number of hydrazone groups is 1. The highest BCUT2D eigenvalue weighted by Crippen LogP contribution is 2.24. The fraction of sp³-hybridized carbons (Fsp3) is 0.750. The van der Waals surface area contributed by atoms with Gasteiger partial charge in [-0.05, 0) is 25.7 Å². The van der Waals surface area contributed by atoms with Crippen molar-refractivity contribution < 1.29 is 9.90 Å². The van der Waals surface area contributed by atoms with Crippen molar-refractivity contribution in [1.82, 2.24) is 5.43 Å². The van der Waals surface area contributed by atoms with Crippen molar-refractivity contribution in [1.29, 1.82) is 0 Å². The number of aliphatic hydroxyl groups is 1. The molecule has 1 rings (SSSR count). The lowest BCUT2D eigenvalue weighted by Gasteiger charge is -2.07. The van der Waals surface area contributed by atoms with Crippen LogP contribution in [-0.4, -0.2) is 23.5 Å². The van der Waals surface area contributed by atoms with Crippen LogP contribution in [0.15, 0.2) is 5.10 Å². The highest BCUT2D eigenvalue weighted by Gasteiger charge is 2.21. The molecule has 1 atom stereocenters. The normalized spacial score (nSPS) is 25.0. The maximum atomic E-state index is 10.4. The van der Waals surface area contributed by atoms with Gasteiger partial charge in [0, 0.05) is 18.2 Å². The van der Waals surface area contributed by atoms with Crippen molar-refractivity contribution in [2.45, 2.75) is 25.7 Å². The van der Waals surface area contributed by atoms with Crippen LogP contribution in [0.25, 0.3) is 0 Å². The van der Waals surface area contributed by atoms with E-state index in [1.165, 1.54) is 0 Å². The first-order chi connectivity index (χ1) is 6.24. The number of aliphatic hydroxyl groups excluding tert-OH is 1. The van der Waals surface area contributed by atoms with Crippen LogP contribution in [-0.2, 0) is 0 Å². The third kappa shape index (κ3) is 3.02. The van der Waals surface area contributed by atoms with Crippen molar-refractivity contribution in [3.05, 3.63) is 0 Å². The van der Waals surface area contributed by atoms with Gasteiger partial charge in [-0.1, -0.05) is 0 Å². The Kier molecular flexibility index (Phi) is 3.70. The topological polar surface area (TPSA) is 87.7 Å². The minimum atomic E-state index is -0.637. The summed E-state index contributed by atoms with van der Waals surface area (Å²) in [4.78, 5) is 10.4. The largest absolute Gasteiger partial charge is 0.396 e. The van der Waals surface area contributed by atoms with Crippen LogP contribution in [0.2, 0.25) is 0 Å². The number of primary amides is 1. The first-order valence-corrected chi connectivity index (χ1v) is 4.46. The Balaban J connectivity index is 2.46. The molecule has 4 N–H and O–H groups in total. The molecule has 74 valence electrons. The molecule has 1 unspecified atom stereocenters. The molecule has 1 aliphatic rings. The molecule has 0 radical (unpaired) electrons. The van der Waals surface area contributed by atoms with E-state index in [1.54, 1.807) is 0 Å². The van der Waals surface area contributed by atoms with Crippen molar-refractivity contribution in [3.63, 3.8) is 0 Å². The number of nitrogens with two attached hydrogens (primary N) is 1. The highest BCUT2D eigenvalue weighted by molar-refractivity contribution is 5.89. The number of carbonyl (C=O) groups is 1. The first kappa shape index (κ1) is 9.98. The Hall–Kier alpha value is -1.10. The summed E-state index contributed by atoms with van der Waals surface area (Å²) in [7, 11) is 0. The third-order valence-electron chi connectivity index (χ3n) is 2.24. The zero-order valence-corrected chi connectivity index (χ0v) is 7.49. The number of carbonyl (C=O) groups excluding carboxylic acids is 1. The molecular weight excluding hydrogens is 170 g/mol. The fourth-order valence-electron chi connectivity index (χ4n) is 1.64. The summed E-state index contributed by atoms with van der Waals surface area (Å²) < 4.78 is 0. The van der Waals surface area contributed by atoms with Crippen LogP contribution < -0.4 is 11.2 Å². The van der Waals surface area contributed by atoms with Gasteiger partial charge in [-0.25, -0.2) is 10.2 Å². The molecule has 0 bridgehead atoms. The summed E-state index contributed by atoms with van der Waals surface area (Å²) in [5, 5.41) is 12.7. The molecule has 1 fully saturated rings. The van der Waals surface area contributed by atoms with Crippen molar-refractivity contribution >= 4 is 11.7 Å². The Morgan fingerprint density at radius 1 is 1.77 bits per heavy atom. The molecule has 1 saturated carbocycles. The van der Waals surface area contributed by atoms with Crippen molar-refractivity contribution in [2.75, 3.05) is 6.61 Å². The quantitative estimate of drug-likeness (QED) is 0.548. The van der Waals surface area contributed by atoms with E-state index >= 15 is 0 Å². The van der Waals surface area contributed by atoms with Gasteiger partial charge in [0.15, 0.2) is 0 Å². The molecule has 2 amide bonds. The summed E-state index contributed by atoms with van der Waals surface area (Å²) in [6, 6.07) is -0.637. The first-order valence-electron chi connectivity index (χ1n) is 4.46. The van der Waals surface area contributed by atoms with E-state index in [0.29, 0.717) is 5.92 Å². The molecule has 5 nitrogen and oxygen atoms in total. The lowest BCUT2D eigenvalue weighted by atomic mass is 10.0. The summed E-state index contributed by atoms with van der Waals surface area (Å²) in [5.41, 5.74) is 8.06. The molecule has 0 aromatic heterocycles. The third-order valence-corrected chi connectivity index (χ3v) is 2.24. The SMILES string of the molecule is NC(=O)N/N=C1/CCCC1CCO. The second-order valence-electron chi connectivity index (χ2n) is 3.18. The molecule has 1 aliphatic carbocycles. The second-order valence-corrected chi connectivity index (χ2v) is 3.18. The minimum absolute atomic E-state index is 0.167. The Morgan fingerprint density at radius 2 is 2.54 bits per heavy atom. The van der Waals surface area contributed by atoms with Gasteiger partial charge in [-0.3, -0.25) is 0 Å². The van der Waals surface area contributed by atoms with Gasteiger partial charge in [0.2, 0.25) is 0 Å². The van der Waals surface area contributed by atoms with Gasteiger partial charge >= 0.3 is 6.03 Å². The van der Waals surface area contributed by atoms with E-state index in [0.717, 1.165) is 31.4 Å². The molecular formula is C8H15N3O2. The maximum Gasteiger partial charge on any atom is 0.332 e. The number of hydrogen-bond donors (Lipinski definition) is 3. The lowest BCUT2D eigenvalue weighted by molar-refractivity contribution is 0.249. The van der Waals surface area contributed by atoms with Crippen LogP contribution in [0.3, 0.4) is 0 Å². The predicted molar refractivity (Wildman–Crippen MR) is 49.2 cm³/mol. The molecule has 0 aromatic rings. The number of amides is 2. The number of rotatable bonds is 3. The van der Waals surface area contributed by atoms with Gasteiger partial charge in [0.1, 0.15) is 0 Å². The zero-order chi connectivity index (χ0) is 9.68. The molecule has 5 heteroatoms. The van der Waals surface area contributed by atoms with Crippen molar-refractivity contribution in [3.8, 4) is 0 Å². The second kappa shape index (κ2) is 4.81. The van der Waals surface area contributed by atoms with E-state index in [-0.39, 0.29) is 6.61 Å². The van der Waals surface area contributed by atoms with Gasteiger partial charge in [-0.15, -0.1) is 0 Å². The number of urea groups is 1. The van der Waals surface area contributed by atoms with Gasteiger partial charge in [0.25, 0.3) is 0 Å². The molecule has 0 heterocycles. The van der Waals surface area contributed by atoms with E-state index < -0.39 is 6.03 Å². The zero-order valence-electron chi connectivity index (χ0n) is 7.49. The number of hydrogen-bond acceptors (Lipinski definition) is 3. The van der Waals surface area contributed by atoms with E-state index in [2.05, 4.69) is 10.5 Å². The molecule has 0 aromatic carbocycles. The number of nitrogens with zero attached hydrogens (tertiary/aromatic N) is 1. The molecule has 0 saturated heterocycles. The Bertz CT molecular complexity index is 215. The maximum absolute atomic E-state index is 10.4. The minimum Gasteiger partial charge on any atom is -0.396 e. The van der Waals surface area contributed by atoms with Gasteiger partial charge in [0.05, 0.1) is 0 Å². The summed E-state index contributed by atoms with van der Waals surface area (Å²) in [6.45, 7) is 0.167. The monoisotopic (exact) mass is 185 g/mol. The molecule has 13 heavy (non-hydrogen) atoms. The predicted octanol–water partition coefficient (Wildman–Crippen LogP) is 0.193. The molecule has 0 aliphatic heterocycles. The Morgan fingerprint density at radius 3 is 3.15 bits per heavy atom. The van der Waals surface area contributed by atoms with E-state index in [1.807, 2.05) is 0 Å². The Labute approximate surface area is 77.0 Å². The van der Waals surface area contributed by atoms with Crippen LogP contribution >= 0.6 is 0 Å². The molecule has 0 spiro atoms. The summed E-state index contributed by atoms with van der Waals surface area (Å²) in [5.74, 6) is 0.317.